The number of anilines is 2. The molecule has 3 aliphatic rings. The summed E-state index contributed by atoms with van der Waals surface area (Å²) >= 11 is 0. The normalized spacial score (nSPS) is 17.0. The molecule has 3 saturated heterocycles. The highest BCUT2D eigenvalue weighted by molar-refractivity contribution is 7.86. The van der Waals surface area contributed by atoms with Gasteiger partial charge in [-0.2, -0.15) is 8.42 Å². The molecule has 0 bridgehead atoms. The molecule has 19 nitrogen and oxygen atoms in total. The molecule has 74 heavy (non-hydrogen) atoms. The maximum atomic E-state index is 12.7. The summed E-state index contributed by atoms with van der Waals surface area (Å²) in [6, 6.07) is 39.7. The fourth-order valence-electron chi connectivity index (χ4n) is 8.61. The summed E-state index contributed by atoms with van der Waals surface area (Å²) in [5, 5.41) is 25.8. The van der Waals surface area contributed by atoms with E-state index in [4.69, 9.17) is 29.2 Å². The van der Waals surface area contributed by atoms with Crippen LogP contribution in [0.3, 0.4) is 0 Å². The largest absolute Gasteiger partial charge is 0.466 e. The minimum atomic E-state index is -3.64. The molecule has 3 fully saturated rings. The standard InChI is InChI=1S/C31H35N5O5.C23H21N3O6S/c1-2-40-28(37)13-14-34-15-17-35(18-16-34)20-27-21-36(31(39)41-27)26-11-9-23(10-12-26)29(32)33-30(38)25-8-7-22-5-3-4-6-24(22)19-25;1-33(29,30)31-14-20-13-26(23(28)32-20)19-10-8-16(9-11-19)21(24)25-22(27)18-7-6-15-4-2-3-5-17(15)12-18/h3-12,19,27H,2,13-18,20-21H2,1H3,(H2,32,33,38);2-12,20H,13-14H2,1H3,(H2,24,25,27). The Bertz CT molecular complexity index is 3180. The molecule has 4 amide bonds. The predicted molar refractivity (Wildman–Crippen MR) is 280 cm³/mol. The molecule has 0 radical (unpaired) electrons. The quantitative estimate of drug-likeness (QED) is 0.0287. The van der Waals surface area contributed by atoms with Gasteiger partial charge in [-0.3, -0.25) is 44.1 Å². The van der Waals surface area contributed by atoms with E-state index < -0.39 is 34.3 Å². The molecule has 6 aromatic rings. The Hall–Kier alpha value is -8.04. The van der Waals surface area contributed by atoms with Crippen molar-refractivity contribution in [2.24, 2.45) is 0 Å². The first-order chi connectivity index (χ1) is 35.6. The summed E-state index contributed by atoms with van der Waals surface area (Å²) < 4.78 is 42.7. The second kappa shape index (κ2) is 23.7. The van der Waals surface area contributed by atoms with Gasteiger partial charge in [0.15, 0.2) is 0 Å². The van der Waals surface area contributed by atoms with E-state index in [-0.39, 0.29) is 42.8 Å². The monoisotopic (exact) mass is 1020 g/mol. The van der Waals surface area contributed by atoms with Crippen LogP contribution in [0.4, 0.5) is 21.0 Å². The Morgan fingerprint density at radius 3 is 1.51 bits per heavy atom. The fraction of sp³-hybridized carbons (Fsp3) is 0.278. The third-order valence-electron chi connectivity index (χ3n) is 12.5. The molecule has 0 aliphatic carbocycles. The van der Waals surface area contributed by atoms with Crippen LogP contribution in [0.5, 0.6) is 0 Å². The van der Waals surface area contributed by atoms with Crippen LogP contribution in [-0.2, 0) is 33.3 Å². The van der Waals surface area contributed by atoms with Crippen LogP contribution < -0.4 is 20.4 Å². The summed E-state index contributed by atoms with van der Waals surface area (Å²) in [5.74, 6) is -1.01. The number of amides is 4. The molecule has 2 atom stereocenters. The number of amidine groups is 2. The first kappa shape index (κ1) is 52.3. The third kappa shape index (κ3) is 13.7. The van der Waals surface area contributed by atoms with Crippen molar-refractivity contribution in [1.29, 1.82) is 10.8 Å². The van der Waals surface area contributed by atoms with Gasteiger partial charge in [-0.25, -0.2) is 9.59 Å². The van der Waals surface area contributed by atoms with Crippen LogP contribution in [0.25, 0.3) is 21.5 Å². The summed E-state index contributed by atoms with van der Waals surface area (Å²) in [4.78, 5) is 69.2. The average Bonchev–Trinajstić information content (AvgIpc) is 3.97. The van der Waals surface area contributed by atoms with E-state index in [9.17, 15) is 32.4 Å². The van der Waals surface area contributed by atoms with Crippen molar-refractivity contribution >= 4 is 84.7 Å². The smallest absolute Gasteiger partial charge is 0.414 e. The van der Waals surface area contributed by atoms with Gasteiger partial charge in [0, 0.05) is 72.9 Å². The van der Waals surface area contributed by atoms with E-state index in [0.29, 0.717) is 66.3 Å². The summed E-state index contributed by atoms with van der Waals surface area (Å²) in [7, 11) is -3.64. The van der Waals surface area contributed by atoms with E-state index in [1.807, 2.05) is 73.7 Å². The Kier molecular flexibility index (Phi) is 16.7. The van der Waals surface area contributed by atoms with Crippen molar-refractivity contribution in [3.05, 3.63) is 156 Å². The summed E-state index contributed by atoms with van der Waals surface area (Å²) in [6.07, 6.45) is -0.647. The molecule has 2 unspecified atom stereocenters. The van der Waals surface area contributed by atoms with Gasteiger partial charge in [-0.1, -0.05) is 60.7 Å². The Balaban J connectivity index is 0.000000202. The Morgan fingerprint density at radius 2 is 1.04 bits per heavy atom. The number of hydrogen-bond acceptors (Lipinski definition) is 15. The molecule has 0 aromatic heterocycles. The van der Waals surface area contributed by atoms with Gasteiger partial charge in [0.2, 0.25) is 0 Å². The first-order valence-corrected chi connectivity index (χ1v) is 25.8. The Labute approximate surface area is 428 Å². The lowest BCUT2D eigenvalue weighted by atomic mass is 10.1. The zero-order chi connectivity index (χ0) is 52.4. The highest BCUT2D eigenvalue weighted by atomic mass is 32.2. The van der Waals surface area contributed by atoms with E-state index in [1.165, 1.54) is 4.90 Å². The highest BCUT2D eigenvalue weighted by Gasteiger charge is 2.35. The number of piperazine rings is 1. The number of nitrogens with zero attached hydrogens (tertiary/aromatic N) is 4. The number of cyclic esters (lactones) is 2. The van der Waals surface area contributed by atoms with Gasteiger partial charge in [-0.15, -0.1) is 0 Å². The van der Waals surface area contributed by atoms with Crippen LogP contribution in [0.15, 0.2) is 133 Å². The van der Waals surface area contributed by atoms with Gasteiger partial charge in [-0.05, 0) is 101 Å². The average molecular weight is 1030 g/mol. The lowest BCUT2D eigenvalue weighted by Gasteiger charge is -2.35. The predicted octanol–water partition coefficient (Wildman–Crippen LogP) is 6.39. The minimum absolute atomic E-state index is 0.0158. The topological polar surface area (TPSA) is 241 Å². The van der Waals surface area contributed by atoms with Crippen LogP contribution in [-0.4, -0.2) is 144 Å². The fourth-order valence-corrected chi connectivity index (χ4v) is 9.00. The second-order valence-corrected chi connectivity index (χ2v) is 19.4. The summed E-state index contributed by atoms with van der Waals surface area (Å²) in [5.41, 5.74) is 3.11. The molecule has 0 saturated carbocycles. The number of benzene rings is 6. The lowest BCUT2D eigenvalue weighted by molar-refractivity contribution is -0.143. The molecule has 0 spiro atoms. The molecule has 4 N–H and O–H groups in total. The molecular weight excluding hydrogens is 969 g/mol. The molecule has 6 aromatic carbocycles. The van der Waals surface area contributed by atoms with Crippen molar-refractivity contribution in [2.45, 2.75) is 25.6 Å². The van der Waals surface area contributed by atoms with Crippen molar-refractivity contribution < 1.29 is 50.8 Å². The van der Waals surface area contributed by atoms with Gasteiger partial charge < -0.3 is 29.7 Å². The summed E-state index contributed by atoms with van der Waals surface area (Å²) in [6.45, 7) is 7.27. The number of hydrogen-bond donors (Lipinski definition) is 4. The van der Waals surface area contributed by atoms with Crippen molar-refractivity contribution in [3.63, 3.8) is 0 Å². The third-order valence-corrected chi connectivity index (χ3v) is 13.1. The minimum Gasteiger partial charge on any atom is -0.466 e. The van der Waals surface area contributed by atoms with Gasteiger partial charge in [0.1, 0.15) is 30.5 Å². The van der Waals surface area contributed by atoms with Crippen molar-refractivity contribution in [2.75, 3.05) is 81.6 Å². The van der Waals surface area contributed by atoms with E-state index in [0.717, 1.165) is 54.0 Å². The first-order valence-electron chi connectivity index (χ1n) is 24.0. The number of ether oxygens (including phenoxy) is 3. The SMILES string of the molecule is CCOC(=O)CCN1CCN(CC2CN(c3ccc(C(=N)NC(=O)c4ccc5ccccc5c4)cc3)C(=O)O2)CC1.CS(=O)(=O)OCC1CN(c2ccc(C(=N)NC(=O)c3ccc4ccccc4c3)cc2)C(=O)O1. The molecule has 3 aliphatic heterocycles. The number of carbonyl (C=O) groups excluding carboxylic acids is 5. The number of rotatable bonds is 15. The van der Waals surface area contributed by atoms with Gasteiger partial charge in [0.25, 0.3) is 21.9 Å². The number of nitrogens with one attached hydrogen (secondary N) is 4. The van der Waals surface area contributed by atoms with E-state index in [2.05, 4.69) is 20.4 Å². The zero-order valence-electron chi connectivity index (χ0n) is 40.8. The number of esters is 1. The molecule has 9 rings (SSSR count). The molecule has 20 heteroatoms. The van der Waals surface area contributed by atoms with Gasteiger partial charge >= 0.3 is 18.2 Å². The van der Waals surface area contributed by atoms with Crippen molar-refractivity contribution in [3.8, 4) is 0 Å². The molecular formula is C54H56N8O11S. The second-order valence-electron chi connectivity index (χ2n) is 17.8. The molecule has 384 valence electrons. The Morgan fingerprint density at radius 1 is 0.608 bits per heavy atom. The maximum absolute atomic E-state index is 12.7. The van der Waals surface area contributed by atoms with E-state index in [1.54, 1.807) is 71.6 Å². The zero-order valence-corrected chi connectivity index (χ0v) is 41.6. The van der Waals surface area contributed by atoms with Gasteiger partial charge in [0.05, 0.1) is 32.4 Å². The van der Waals surface area contributed by atoms with Crippen LogP contribution in [0, 0.1) is 10.8 Å². The van der Waals surface area contributed by atoms with Crippen molar-refractivity contribution in [1.82, 2.24) is 20.4 Å². The maximum Gasteiger partial charge on any atom is 0.414 e. The number of carbonyl (C=O) groups is 5. The highest BCUT2D eigenvalue weighted by Crippen LogP contribution is 2.25. The van der Waals surface area contributed by atoms with Crippen LogP contribution >= 0.6 is 0 Å². The lowest BCUT2D eigenvalue weighted by Crippen LogP contribution is -2.49. The number of fused-ring (bicyclic) bond motifs is 2. The molecule has 3 heterocycles. The van der Waals surface area contributed by atoms with E-state index >= 15 is 0 Å². The van der Waals surface area contributed by atoms with Crippen LogP contribution in [0.1, 0.15) is 45.2 Å². The van der Waals surface area contributed by atoms with Crippen LogP contribution in [0.2, 0.25) is 0 Å².